The highest BCUT2D eigenvalue weighted by atomic mass is 32.2. The maximum Gasteiger partial charge on any atom is 0.160 e. The Bertz CT molecular complexity index is 1360. The topological polar surface area (TPSA) is 72.4 Å². The molecule has 4 heterocycles. The van der Waals surface area contributed by atoms with Gasteiger partial charge in [0.15, 0.2) is 9.84 Å². The lowest BCUT2D eigenvalue weighted by atomic mass is 9.81. The fraction of sp³-hybridized carbons (Fsp3) is 0.448. The minimum Gasteiger partial charge on any atom is -0.487 e. The first-order chi connectivity index (χ1) is 17.5. The van der Waals surface area contributed by atoms with Crippen LogP contribution in [0.4, 0.5) is 4.39 Å². The van der Waals surface area contributed by atoms with E-state index in [9.17, 15) is 12.8 Å². The molecule has 0 saturated carbocycles. The number of ether oxygens (including phenoxy) is 1. The number of sulfone groups is 1. The number of benzene rings is 1. The normalized spacial score (nSPS) is 17.8. The Kier molecular flexibility index (Phi) is 6.83. The van der Waals surface area contributed by atoms with Gasteiger partial charge in [-0.3, -0.25) is 14.9 Å². The zero-order valence-corrected chi connectivity index (χ0v) is 22.5. The Morgan fingerprint density at radius 2 is 1.76 bits per heavy atom. The fourth-order valence-electron chi connectivity index (χ4n) is 5.32. The number of piperidine rings is 1. The maximum absolute atomic E-state index is 13.0. The van der Waals surface area contributed by atoms with Crippen LogP contribution in [0.25, 0.3) is 11.3 Å². The Morgan fingerprint density at radius 1 is 0.973 bits per heavy atom. The van der Waals surface area contributed by atoms with Gasteiger partial charge in [0.25, 0.3) is 0 Å². The van der Waals surface area contributed by atoms with Crippen molar-refractivity contribution in [2.75, 3.05) is 13.1 Å². The fourth-order valence-corrected chi connectivity index (χ4v) is 6.72. The number of aromatic nitrogens is 2. The zero-order valence-electron chi connectivity index (χ0n) is 21.7. The molecule has 6 nitrogen and oxygen atoms in total. The molecule has 196 valence electrons. The Labute approximate surface area is 218 Å². The van der Waals surface area contributed by atoms with E-state index in [1.54, 1.807) is 12.3 Å². The molecule has 0 radical (unpaired) electrons. The van der Waals surface area contributed by atoms with Gasteiger partial charge in [0.1, 0.15) is 17.2 Å². The molecule has 2 aliphatic rings. The van der Waals surface area contributed by atoms with E-state index in [-0.39, 0.29) is 22.6 Å². The number of rotatable bonds is 5. The highest BCUT2D eigenvalue weighted by Crippen LogP contribution is 2.41. The number of hydrogen-bond acceptors (Lipinski definition) is 6. The number of aryl methyl sites for hydroxylation is 1. The summed E-state index contributed by atoms with van der Waals surface area (Å²) in [5, 5.41) is 0. The van der Waals surface area contributed by atoms with E-state index in [0.717, 1.165) is 62.0 Å². The van der Waals surface area contributed by atoms with Gasteiger partial charge in [-0.1, -0.05) is 6.07 Å². The van der Waals surface area contributed by atoms with E-state index in [4.69, 9.17) is 4.74 Å². The number of pyridine rings is 2. The van der Waals surface area contributed by atoms with Crippen LogP contribution in [0.15, 0.2) is 54.9 Å². The molecule has 5 rings (SSSR count). The molecule has 0 atom stereocenters. The van der Waals surface area contributed by atoms with E-state index < -0.39 is 15.7 Å². The van der Waals surface area contributed by atoms with Crippen molar-refractivity contribution >= 4 is 9.84 Å². The van der Waals surface area contributed by atoms with Crippen molar-refractivity contribution in [3.8, 4) is 17.0 Å². The number of fused-ring (bicyclic) bond motifs is 1. The second-order valence-electron chi connectivity index (χ2n) is 11.3. The van der Waals surface area contributed by atoms with Gasteiger partial charge in [-0.15, -0.1) is 0 Å². The van der Waals surface area contributed by atoms with Gasteiger partial charge in [-0.05, 0) is 94.0 Å². The van der Waals surface area contributed by atoms with E-state index in [0.29, 0.717) is 11.3 Å². The number of halogens is 1. The van der Waals surface area contributed by atoms with Crippen molar-refractivity contribution < 1.29 is 17.5 Å². The van der Waals surface area contributed by atoms with E-state index in [1.165, 1.54) is 17.7 Å². The first-order valence-electron chi connectivity index (χ1n) is 12.8. The lowest BCUT2D eigenvalue weighted by Crippen LogP contribution is -2.54. The third-order valence-electron chi connectivity index (χ3n) is 7.52. The van der Waals surface area contributed by atoms with Gasteiger partial charge in [0.2, 0.25) is 0 Å². The molecule has 0 bridgehead atoms. The minimum atomic E-state index is -3.46. The molecule has 3 aromatic rings. The monoisotopic (exact) mass is 523 g/mol. The minimum absolute atomic E-state index is 0.0644. The molecule has 1 saturated heterocycles. The predicted octanol–water partition coefficient (Wildman–Crippen LogP) is 5.36. The quantitative estimate of drug-likeness (QED) is 0.449. The van der Waals surface area contributed by atoms with Crippen LogP contribution < -0.4 is 4.74 Å². The SMILES string of the molecule is CC(C)(C)N1CCC2(CCc3cc(-c4ccc(CS(=O)(=O)Cc5ccc(F)cn5)cn4)ccc3O2)CC1. The highest BCUT2D eigenvalue weighted by Gasteiger charge is 2.41. The average Bonchev–Trinajstić information content (AvgIpc) is 2.85. The Morgan fingerprint density at radius 3 is 2.41 bits per heavy atom. The van der Waals surface area contributed by atoms with Crippen LogP contribution in [-0.4, -0.2) is 47.5 Å². The van der Waals surface area contributed by atoms with Crippen LogP contribution in [0.3, 0.4) is 0 Å². The summed E-state index contributed by atoms with van der Waals surface area (Å²) < 4.78 is 44.8. The molecule has 0 unspecified atom stereocenters. The van der Waals surface area contributed by atoms with Gasteiger partial charge >= 0.3 is 0 Å². The van der Waals surface area contributed by atoms with Crippen LogP contribution in [0.5, 0.6) is 5.75 Å². The summed E-state index contributed by atoms with van der Waals surface area (Å²) in [6.07, 6.45) is 6.74. The van der Waals surface area contributed by atoms with E-state index in [1.807, 2.05) is 12.1 Å². The van der Waals surface area contributed by atoms with Gasteiger partial charge in [0.05, 0.1) is 29.1 Å². The standard InChI is InChI=1S/C29H34FN3O3S/c1-28(2,3)33-14-12-29(13-15-33)11-10-23-16-22(5-9-27(23)36-29)26-8-4-21(17-32-26)19-37(34,35)20-25-7-6-24(30)18-31-25/h4-9,16-18H,10-15,19-20H2,1-3H3. The molecule has 2 aliphatic heterocycles. The summed E-state index contributed by atoms with van der Waals surface area (Å²) in [5.41, 5.74) is 4.04. The molecule has 0 aliphatic carbocycles. The zero-order chi connectivity index (χ0) is 26.3. The van der Waals surface area contributed by atoms with Crippen LogP contribution >= 0.6 is 0 Å². The maximum atomic E-state index is 13.0. The van der Waals surface area contributed by atoms with Crippen molar-refractivity contribution in [2.45, 2.75) is 69.1 Å². The summed E-state index contributed by atoms with van der Waals surface area (Å²) in [5.74, 6) is 0.0914. The molecule has 37 heavy (non-hydrogen) atoms. The van der Waals surface area contributed by atoms with Crippen LogP contribution in [0.1, 0.15) is 56.9 Å². The predicted molar refractivity (Wildman–Crippen MR) is 142 cm³/mol. The van der Waals surface area contributed by atoms with Crippen LogP contribution in [-0.2, 0) is 27.8 Å². The summed E-state index contributed by atoms with van der Waals surface area (Å²) in [7, 11) is -3.46. The van der Waals surface area contributed by atoms with E-state index >= 15 is 0 Å². The number of hydrogen-bond donors (Lipinski definition) is 0. The second-order valence-corrected chi connectivity index (χ2v) is 13.4. The molecular formula is C29H34FN3O3S. The molecule has 1 aromatic carbocycles. The smallest absolute Gasteiger partial charge is 0.160 e. The molecule has 2 aromatic heterocycles. The van der Waals surface area contributed by atoms with Crippen molar-refractivity contribution in [1.29, 1.82) is 0 Å². The van der Waals surface area contributed by atoms with Gasteiger partial charge in [0, 0.05) is 30.4 Å². The van der Waals surface area contributed by atoms with Gasteiger partial charge in [-0.2, -0.15) is 0 Å². The summed E-state index contributed by atoms with van der Waals surface area (Å²) in [4.78, 5) is 10.9. The number of likely N-dealkylation sites (tertiary alicyclic amines) is 1. The van der Waals surface area contributed by atoms with E-state index in [2.05, 4.69) is 47.8 Å². The molecule has 0 amide bonds. The highest BCUT2D eigenvalue weighted by molar-refractivity contribution is 7.89. The second kappa shape index (κ2) is 9.80. The average molecular weight is 524 g/mol. The molecular weight excluding hydrogens is 489 g/mol. The molecule has 1 spiro atoms. The third kappa shape index (κ3) is 6.02. The third-order valence-corrected chi connectivity index (χ3v) is 9.03. The Hall–Kier alpha value is -2.84. The summed E-state index contributed by atoms with van der Waals surface area (Å²) in [6, 6.07) is 12.5. The van der Waals surface area contributed by atoms with Crippen LogP contribution in [0.2, 0.25) is 0 Å². The summed E-state index contributed by atoms with van der Waals surface area (Å²) in [6.45, 7) is 8.93. The van der Waals surface area contributed by atoms with Crippen molar-refractivity contribution in [2.24, 2.45) is 0 Å². The lowest BCUT2D eigenvalue weighted by Gasteiger charge is -2.48. The van der Waals surface area contributed by atoms with Crippen molar-refractivity contribution in [3.05, 3.63) is 77.5 Å². The lowest BCUT2D eigenvalue weighted by molar-refractivity contribution is -0.0355. The van der Waals surface area contributed by atoms with Crippen molar-refractivity contribution in [3.63, 3.8) is 0 Å². The van der Waals surface area contributed by atoms with Gasteiger partial charge in [-0.25, -0.2) is 12.8 Å². The molecule has 1 fully saturated rings. The first-order valence-corrected chi connectivity index (χ1v) is 14.7. The van der Waals surface area contributed by atoms with Crippen LogP contribution in [0, 0.1) is 5.82 Å². The molecule has 8 heteroatoms. The first kappa shape index (κ1) is 25.8. The summed E-state index contributed by atoms with van der Waals surface area (Å²) >= 11 is 0. The largest absolute Gasteiger partial charge is 0.487 e. The van der Waals surface area contributed by atoms with Crippen molar-refractivity contribution in [1.82, 2.24) is 14.9 Å². The molecule has 0 N–H and O–H groups in total. The Balaban J connectivity index is 1.24. The van der Waals surface area contributed by atoms with Gasteiger partial charge < -0.3 is 4.74 Å². The number of nitrogens with zero attached hydrogens (tertiary/aromatic N) is 3.